The molecule has 0 radical (unpaired) electrons. The van der Waals surface area contributed by atoms with Gasteiger partial charge in [-0.05, 0) is 12.8 Å². The second-order valence-electron chi connectivity index (χ2n) is 5.31. The fraction of sp³-hybridized carbons (Fsp3) is 0.917. The number of carbonyl (C=O) groups is 1. The van der Waals surface area contributed by atoms with E-state index in [1.807, 2.05) is 18.7 Å². The molecule has 0 spiro atoms. The Labute approximate surface area is 102 Å². The van der Waals surface area contributed by atoms with E-state index in [4.69, 9.17) is 9.84 Å². The Hall–Kier alpha value is -0.650. The molecule has 1 rings (SSSR count). The van der Waals surface area contributed by atoms with Gasteiger partial charge in [-0.1, -0.05) is 13.8 Å². The minimum atomic E-state index is -0.824. The monoisotopic (exact) mass is 245 g/mol. The normalized spacial score (nSPS) is 25.8. The Morgan fingerprint density at radius 2 is 2.24 bits per heavy atom. The van der Waals surface area contributed by atoms with Crippen LogP contribution in [0.2, 0.25) is 0 Å². The summed E-state index contributed by atoms with van der Waals surface area (Å²) in [4.78, 5) is 12.8. The predicted octanol–water partition coefficient (Wildman–Crippen LogP) is 0.569. The topological polar surface area (TPSA) is 70.0 Å². The van der Waals surface area contributed by atoms with Gasteiger partial charge in [0.2, 0.25) is 0 Å². The Morgan fingerprint density at radius 1 is 1.59 bits per heavy atom. The van der Waals surface area contributed by atoms with Crippen molar-refractivity contribution in [2.75, 3.05) is 26.3 Å². The standard InChI is InChI=1S/C12H23NO4/c1-9(2)12(3,16)8-13-4-5-17-7-10(13)6-11(14)15/h9-10,16H,4-8H2,1-3H3,(H,14,15). The number of morpholine rings is 1. The molecular formula is C12H23NO4. The van der Waals surface area contributed by atoms with Gasteiger partial charge in [-0.15, -0.1) is 0 Å². The van der Waals surface area contributed by atoms with E-state index in [1.165, 1.54) is 0 Å². The fourth-order valence-corrected chi connectivity index (χ4v) is 1.88. The van der Waals surface area contributed by atoms with Crippen molar-refractivity contribution < 1.29 is 19.7 Å². The summed E-state index contributed by atoms with van der Waals surface area (Å²) >= 11 is 0. The highest BCUT2D eigenvalue weighted by Crippen LogP contribution is 2.21. The van der Waals surface area contributed by atoms with Gasteiger partial charge in [-0.25, -0.2) is 0 Å². The van der Waals surface area contributed by atoms with Crippen molar-refractivity contribution in [1.82, 2.24) is 4.90 Å². The number of carboxylic acid groups (broad SMARTS) is 1. The van der Waals surface area contributed by atoms with Crippen molar-refractivity contribution in [3.05, 3.63) is 0 Å². The highest BCUT2D eigenvalue weighted by molar-refractivity contribution is 5.67. The van der Waals surface area contributed by atoms with Crippen LogP contribution >= 0.6 is 0 Å². The average Bonchev–Trinajstić information content (AvgIpc) is 2.19. The smallest absolute Gasteiger partial charge is 0.305 e. The molecule has 5 nitrogen and oxygen atoms in total. The predicted molar refractivity (Wildman–Crippen MR) is 63.9 cm³/mol. The summed E-state index contributed by atoms with van der Waals surface area (Å²) in [6.45, 7) is 7.93. The van der Waals surface area contributed by atoms with Gasteiger partial charge >= 0.3 is 5.97 Å². The van der Waals surface area contributed by atoms with E-state index >= 15 is 0 Å². The number of hydrogen-bond donors (Lipinski definition) is 2. The number of rotatable bonds is 5. The van der Waals surface area contributed by atoms with Crippen molar-refractivity contribution in [2.24, 2.45) is 5.92 Å². The second kappa shape index (κ2) is 5.80. The lowest BCUT2D eigenvalue weighted by Crippen LogP contribution is -2.53. The third kappa shape index (κ3) is 4.26. The minimum absolute atomic E-state index is 0.0637. The second-order valence-corrected chi connectivity index (χ2v) is 5.31. The lowest BCUT2D eigenvalue weighted by atomic mass is 9.91. The van der Waals surface area contributed by atoms with Crippen LogP contribution in [-0.2, 0) is 9.53 Å². The van der Waals surface area contributed by atoms with Gasteiger partial charge in [0, 0.05) is 19.1 Å². The maximum atomic E-state index is 10.8. The van der Waals surface area contributed by atoms with Crippen LogP contribution < -0.4 is 0 Å². The van der Waals surface area contributed by atoms with Gasteiger partial charge in [0.15, 0.2) is 0 Å². The summed E-state index contributed by atoms with van der Waals surface area (Å²) in [5.41, 5.74) is -0.798. The molecule has 0 aromatic rings. The van der Waals surface area contributed by atoms with E-state index in [0.717, 1.165) is 0 Å². The van der Waals surface area contributed by atoms with Crippen LogP contribution in [0.3, 0.4) is 0 Å². The quantitative estimate of drug-likeness (QED) is 0.741. The molecule has 0 bridgehead atoms. The Bertz CT molecular complexity index is 265. The third-order valence-electron chi connectivity index (χ3n) is 3.53. The van der Waals surface area contributed by atoms with Gasteiger partial charge in [0.05, 0.1) is 25.2 Å². The lowest BCUT2D eigenvalue weighted by Gasteiger charge is -2.40. The van der Waals surface area contributed by atoms with Crippen LogP contribution in [-0.4, -0.2) is 59.0 Å². The summed E-state index contributed by atoms with van der Waals surface area (Å²) in [5, 5.41) is 19.1. The molecule has 2 unspecified atom stereocenters. The highest BCUT2D eigenvalue weighted by Gasteiger charge is 2.33. The molecule has 1 aliphatic rings. The van der Waals surface area contributed by atoms with Crippen molar-refractivity contribution in [3.8, 4) is 0 Å². The first-order valence-corrected chi connectivity index (χ1v) is 6.09. The molecular weight excluding hydrogens is 222 g/mol. The van der Waals surface area contributed by atoms with Gasteiger partial charge in [-0.3, -0.25) is 9.69 Å². The molecule has 2 N–H and O–H groups in total. The number of β-amino-alcohol motifs (C(OH)–C–C–N with tert-alkyl or cyclic N) is 1. The number of hydrogen-bond acceptors (Lipinski definition) is 4. The molecule has 0 amide bonds. The zero-order valence-electron chi connectivity index (χ0n) is 10.8. The van der Waals surface area contributed by atoms with E-state index < -0.39 is 11.6 Å². The highest BCUT2D eigenvalue weighted by atomic mass is 16.5. The number of carboxylic acids is 1. The molecule has 100 valence electrons. The van der Waals surface area contributed by atoms with Crippen LogP contribution in [0, 0.1) is 5.92 Å². The van der Waals surface area contributed by atoms with Crippen LogP contribution in [0.5, 0.6) is 0 Å². The zero-order chi connectivity index (χ0) is 13.1. The first kappa shape index (κ1) is 14.4. The molecule has 1 saturated heterocycles. The maximum absolute atomic E-state index is 10.8. The molecule has 2 atom stereocenters. The lowest BCUT2D eigenvalue weighted by molar-refractivity contribution is -0.141. The molecule has 0 aliphatic carbocycles. The first-order chi connectivity index (χ1) is 7.83. The van der Waals surface area contributed by atoms with Crippen LogP contribution in [0.4, 0.5) is 0 Å². The molecule has 0 aromatic heterocycles. The number of nitrogens with zero attached hydrogens (tertiary/aromatic N) is 1. The van der Waals surface area contributed by atoms with Crippen LogP contribution in [0.15, 0.2) is 0 Å². The van der Waals surface area contributed by atoms with Crippen molar-refractivity contribution in [2.45, 2.75) is 38.8 Å². The number of aliphatic hydroxyl groups is 1. The van der Waals surface area contributed by atoms with Crippen molar-refractivity contribution >= 4 is 5.97 Å². The first-order valence-electron chi connectivity index (χ1n) is 6.09. The molecule has 1 heterocycles. The van der Waals surface area contributed by atoms with Gasteiger partial charge < -0.3 is 14.9 Å². The minimum Gasteiger partial charge on any atom is -0.481 e. The Balaban J connectivity index is 2.62. The van der Waals surface area contributed by atoms with Gasteiger partial charge in [0.1, 0.15) is 0 Å². The Morgan fingerprint density at radius 3 is 2.76 bits per heavy atom. The summed E-state index contributed by atoms with van der Waals surface area (Å²) in [6.07, 6.45) is 0.0637. The van der Waals surface area contributed by atoms with Crippen molar-refractivity contribution in [3.63, 3.8) is 0 Å². The molecule has 1 aliphatic heterocycles. The molecule has 1 fully saturated rings. The summed E-state index contributed by atoms with van der Waals surface area (Å²) < 4.78 is 5.30. The SMILES string of the molecule is CC(C)C(C)(O)CN1CCOCC1CC(=O)O. The Kier molecular flexibility index (Phi) is 4.91. The zero-order valence-corrected chi connectivity index (χ0v) is 10.8. The summed E-state index contributed by atoms with van der Waals surface area (Å²) in [5.74, 6) is -0.689. The third-order valence-corrected chi connectivity index (χ3v) is 3.53. The number of ether oxygens (including phenoxy) is 1. The van der Waals surface area contributed by atoms with E-state index in [1.54, 1.807) is 6.92 Å². The molecule has 5 heteroatoms. The van der Waals surface area contributed by atoms with Gasteiger partial charge in [0.25, 0.3) is 0 Å². The van der Waals surface area contributed by atoms with E-state index in [9.17, 15) is 9.90 Å². The largest absolute Gasteiger partial charge is 0.481 e. The maximum Gasteiger partial charge on any atom is 0.305 e. The summed E-state index contributed by atoms with van der Waals surface area (Å²) in [6, 6.07) is -0.133. The van der Waals surface area contributed by atoms with E-state index in [-0.39, 0.29) is 18.4 Å². The van der Waals surface area contributed by atoms with Crippen LogP contribution in [0.1, 0.15) is 27.2 Å². The molecule has 0 saturated carbocycles. The van der Waals surface area contributed by atoms with E-state index in [0.29, 0.717) is 26.3 Å². The van der Waals surface area contributed by atoms with Crippen molar-refractivity contribution in [1.29, 1.82) is 0 Å². The average molecular weight is 245 g/mol. The van der Waals surface area contributed by atoms with Crippen LogP contribution in [0.25, 0.3) is 0 Å². The fourth-order valence-electron chi connectivity index (χ4n) is 1.88. The van der Waals surface area contributed by atoms with E-state index in [2.05, 4.69) is 0 Å². The summed E-state index contributed by atoms with van der Waals surface area (Å²) in [7, 11) is 0. The molecule has 17 heavy (non-hydrogen) atoms. The van der Waals surface area contributed by atoms with Gasteiger partial charge in [-0.2, -0.15) is 0 Å². The molecule has 0 aromatic carbocycles. The number of aliphatic carboxylic acids is 1.